The van der Waals surface area contributed by atoms with Crippen molar-refractivity contribution in [3.8, 4) is 0 Å². The van der Waals surface area contributed by atoms with Crippen LogP contribution in [0.25, 0.3) is 0 Å². The second-order valence-electron chi connectivity index (χ2n) is 5.41. The highest BCUT2D eigenvalue weighted by Gasteiger charge is 2.14. The van der Waals surface area contributed by atoms with Crippen LogP contribution < -0.4 is 5.32 Å². The summed E-state index contributed by atoms with van der Waals surface area (Å²) in [7, 11) is 1.83. The van der Waals surface area contributed by atoms with Gasteiger partial charge in [-0.2, -0.15) is 0 Å². The van der Waals surface area contributed by atoms with Crippen LogP contribution in [0, 0.1) is 18.6 Å². The van der Waals surface area contributed by atoms with Gasteiger partial charge in [-0.15, -0.1) is 0 Å². The number of likely N-dealkylation sites (N-methyl/N-ethyl adjacent to an activating group) is 1. The normalized spacial score (nSPS) is 12.4. The van der Waals surface area contributed by atoms with Gasteiger partial charge in [0.05, 0.1) is 0 Å². The minimum absolute atomic E-state index is 0.0534. The lowest BCUT2D eigenvalue weighted by Gasteiger charge is -2.17. The Morgan fingerprint density at radius 3 is 2.19 bits per heavy atom. The quantitative estimate of drug-likeness (QED) is 0.846. The number of benzene rings is 2. The Morgan fingerprint density at radius 1 is 1.00 bits per heavy atom. The summed E-state index contributed by atoms with van der Waals surface area (Å²) in [6.45, 7) is 2.06. The Hall–Kier alpha value is -1.74. The van der Waals surface area contributed by atoms with Gasteiger partial charge < -0.3 is 5.32 Å². The van der Waals surface area contributed by atoms with Crippen LogP contribution in [0.15, 0.2) is 42.5 Å². The van der Waals surface area contributed by atoms with E-state index in [1.54, 1.807) is 0 Å². The molecule has 0 bridgehead atoms. The third-order valence-corrected chi connectivity index (χ3v) is 3.82. The minimum atomic E-state index is -0.467. The maximum atomic E-state index is 13.7. The van der Waals surface area contributed by atoms with Gasteiger partial charge in [-0.3, -0.25) is 0 Å². The van der Waals surface area contributed by atoms with Crippen LogP contribution in [0.2, 0.25) is 0 Å². The van der Waals surface area contributed by atoms with Gasteiger partial charge in [0.2, 0.25) is 0 Å². The topological polar surface area (TPSA) is 12.0 Å². The van der Waals surface area contributed by atoms with E-state index < -0.39 is 11.6 Å². The first-order valence-corrected chi connectivity index (χ1v) is 7.26. The van der Waals surface area contributed by atoms with Gasteiger partial charge in [0, 0.05) is 11.6 Å². The van der Waals surface area contributed by atoms with E-state index >= 15 is 0 Å². The highest BCUT2D eigenvalue weighted by Crippen LogP contribution is 2.16. The number of hydrogen-bond acceptors (Lipinski definition) is 1. The van der Waals surface area contributed by atoms with Crippen molar-refractivity contribution in [3.63, 3.8) is 0 Å². The molecule has 0 fully saturated rings. The van der Waals surface area contributed by atoms with Gasteiger partial charge in [-0.25, -0.2) is 8.78 Å². The lowest BCUT2D eigenvalue weighted by molar-refractivity contribution is 0.483. The molecule has 2 aromatic rings. The summed E-state index contributed by atoms with van der Waals surface area (Å²) in [5.41, 5.74) is 2.65. The zero-order chi connectivity index (χ0) is 15.2. The fraction of sp³-hybridized carbons (Fsp3) is 0.333. The maximum absolute atomic E-state index is 13.7. The SMILES string of the molecule is CNC(CCc1ccc(C)cc1)Cc1c(F)cccc1F. The summed E-state index contributed by atoms with van der Waals surface area (Å²) < 4.78 is 27.4. The molecular formula is C18H21F2N. The van der Waals surface area contributed by atoms with Crippen molar-refractivity contribution in [3.05, 3.63) is 70.8 Å². The van der Waals surface area contributed by atoms with Crippen molar-refractivity contribution >= 4 is 0 Å². The summed E-state index contributed by atoms with van der Waals surface area (Å²) in [6.07, 6.45) is 2.09. The van der Waals surface area contributed by atoms with Gasteiger partial charge in [0.25, 0.3) is 0 Å². The third kappa shape index (κ3) is 4.36. The first-order valence-electron chi connectivity index (χ1n) is 7.26. The molecule has 1 atom stereocenters. The monoisotopic (exact) mass is 289 g/mol. The standard InChI is InChI=1S/C18H21F2N/c1-13-6-8-14(9-7-13)10-11-15(21-2)12-16-17(19)4-3-5-18(16)20/h3-9,15,21H,10-12H2,1-2H3. The summed E-state index contributed by atoms with van der Waals surface area (Å²) in [6, 6.07) is 12.4. The first kappa shape index (κ1) is 15.6. The van der Waals surface area contributed by atoms with Crippen LogP contribution in [0.3, 0.4) is 0 Å². The lowest BCUT2D eigenvalue weighted by atomic mass is 9.98. The van der Waals surface area contributed by atoms with Crippen molar-refractivity contribution in [2.45, 2.75) is 32.2 Å². The van der Waals surface area contributed by atoms with E-state index in [0.717, 1.165) is 12.8 Å². The van der Waals surface area contributed by atoms with Gasteiger partial charge in [0.1, 0.15) is 11.6 Å². The molecule has 1 N–H and O–H groups in total. The predicted octanol–water partition coefficient (Wildman–Crippen LogP) is 4.04. The van der Waals surface area contributed by atoms with Gasteiger partial charge in [-0.1, -0.05) is 35.9 Å². The summed E-state index contributed by atoms with van der Waals surface area (Å²) in [5, 5.41) is 3.15. The number of nitrogens with one attached hydrogen (secondary N) is 1. The molecule has 0 saturated carbocycles. The molecule has 0 spiro atoms. The Labute approximate surface area is 125 Å². The molecule has 21 heavy (non-hydrogen) atoms. The average molecular weight is 289 g/mol. The molecule has 0 aliphatic heterocycles. The molecule has 1 nitrogen and oxygen atoms in total. The highest BCUT2D eigenvalue weighted by molar-refractivity contribution is 5.23. The number of halogens is 2. The smallest absolute Gasteiger partial charge is 0.129 e. The van der Waals surface area contributed by atoms with E-state index in [-0.39, 0.29) is 11.6 Å². The second-order valence-corrected chi connectivity index (χ2v) is 5.41. The zero-order valence-electron chi connectivity index (χ0n) is 12.5. The molecule has 0 radical (unpaired) electrons. The van der Waals surface area contributed by atoms with Crippen LogP contribution in [-0.4, -0.2) is 13.1 Å². The van der Waals surface area contributed by atoms with E-state index in [4.69, 9.17) is 0 Å². The fourth-order valence-electron chi connectivity index (χ4n) is 2.42. The molecular weight excluding hydrogens is 268 g/mol. The molecule has 0 heterocycles. The van der Waals surface area contributed by atoms with Crippen molar-refractivity contribution in [1.82, 2.24) is 5.32 Å². The molecule has 0 saturated heterocycles. The van der Waals surface area contributed by atoms with Crippen LogP contribution in [0.1, 0.15) is 23.1 Å². The maximum Gasteiger partial charge on any atom is 0.129 e. The van der Waals surface area contributed by atoms with Crippen molar-refractivity contribution in [1.29, 1.82) is 0 Å². The van der Waals surface area contributed by atoms with Gasteiger partial charge >= 0.3 is 0 Å². The zero-order valence-corrected chi connectivity index (χ0v) is 12.5. The van der Waals surface area contributed by atoms with E-state index in [9.17, 15) is 8.78 Å². The summed E-state index contributed by atoms with van der Waals surface area (Å²) in [5.74, 6) is -0.934. The predicted molar refractivity (Wildman–Crippen MR) is 82.4 cm³/mol. The summed E-state index contributed by atoms with van der Waals surface area (Å²) in [4.78, 5) is 0. The number of hydrogen-bond donors (Lipinski definition) is 1. The Bertz CT molecular complexity index is 558. The van der Waals surface area contributed by atoms with Crippen molar-refractivity contribution < 1.29 is 8.78 Å². The number of rotatable bonds is 6. The molecule has 0 aliphatic rings. The third-order valence-electron chi connectivity index (χ3n) is 3.82. The molecule has 112 valence electrons. The van der Waals surface area contributed by atoms with Crippen LogP contribution in [0.4, 0.5) is 8.78 Å². The van der Waals surface area contributed by atoms with Crippen molar-refractivity contribution in [2.75, 3.05) is 7.05 Å². The second kappa shape index (κ2) is 7.32. The van der Waals surface area contributed by atoms with Gasteiger partial charge in [-0.05, 0) is 50.9 Å². The van der Waals surface area contributed by atoms with E-state index in [1.807, 2.05) is 7.05 Å². The summed E-state index contributed by atoms with van der Waals surface area (Å²) >= 11 is 0. The molecule has 3 heteroatoms. The van der Waals surface area contributed by atoms with Crippen LogP contribution >= 0.6 is 0 Å². The molecule has 1 unspecified atom stereocenters. The minimum Gasteiger partial charge on any atom is -0.317 e. The molecule has 0 aliphatic carbocycles. The lowest BCUT2D eigenvalue weighted by Crippen LogP contribution is -2.29. The largest absolute Gasteiger partial charge is 0.317 e. The van der Waals surface area contributed by atoms with Crippen LogP contribution in [-0.2, 0) is 12.8 Å². The molecule has 2 aromatic carbocycles. The molecule has 2 rings (SSSR count). The van der Waals surface area contributed by atoms with Gasteiger partial charge in [0.15, 0.2) is 0 Å². The highest BCUT2D eigenvalue weighted by atomic mass is 19.1. The first-order chi connectivity index (χ1) is 10.1. The Morgan fingerprint density at radius 2 is 1.62 bits per heavy atom. The fourth-order valence-corrected chi connectivity index (χ4v) is 2.42. The Balaban J connectivity index is 1.98. The van der Waals surface area contributed by atoms with Crippen LogP contribution in [0.5, 0.6) is 0 Å². The number of aryl methyl sites for hydroxylation is 2. The molecule has 0 amide bonds. The van der Waals surface area contributed by atoms with E-state index in [2.05, 4.69) is 36.5 Å². The average Bonchev–Trinajstić information content (AvgIpc) is 2.48. The van der Waals surface area contributed by atoms with E-state index in [1.165, 1.54) is 29.3 Å². The Kier molecular flexibility index (Phi) is 5.45. The molecule has 0 aromatic heterocycles. The van der Waals surface area contributed by atoms with Crippen molar-refractivity contribution in [2.24, 2.45) is 0 Å². The van der Waals surface area contributed by atoms with E-state index in [0.29, 0.717) is 6.42 Å².